The lowest BCUT2D eigenvalue weighted by Crippen LogP contribution is -2.51. The maximum Gasteiger partial charge on any atom is 0.251 e. The number of nitrogens with two attached hydrogens (primary N) is 1. The highest BCUT2D eigenvalue weighted by Gasteiger charge is 2.30. The van der Waals surface area contributed by atoms with Crippen LogP contribution in [-0.4, -0.2) is 60.7 Å². The molecule has 1 aromatic rings. The van der Waals surface area contributed by atoms with E-state index in [-0.39, 0.29) is 30.3 Å². The van der Waals surface area contributed by atoms with Gasteiger partial charge < -0.3 is 16.0 Å². The molecule has 1 aromatic carbocycles. The Kier molecular flexibility index (Phi) is 5.33. The Morgan fingerprint density at radius 1 is 1.30 bits per heavy atom. The predicted molar refractivity (Wildman–Crippen MR) is 85.6 cm³/mol. The van der Waals surface area contributed by atoms with Crippen molar-refractivity contribution in [1.29, 1.82) is 0 Å². The number of benzene rings is 1. The third kappa shape index (κ3) is 4.07. The van der Waals surface area contributed by atoms with E-state index in [1.165, 1.54) is 6.92 Å². The van der Waals surface area contributed by atoms with Gasteiger partial charge in [0.2, 0.25) is 11.8 Å². The highest BCUT2D eigenvalue weighted by Crippen LogP contribution is 2.26. The van der Waals surface area contributed by atoms with Crippen LogP contribution < -0.4 is 11.1 Å². The van der Waals surface area contributed by atoms with Gasteiger partial charge in [-0.3, -0.25) is 19.3 Å². The van der Waals surface area contributed by atoms with Gasteiger partial charge in [-0.1, -0.05) is 12.1 Å². The van der Waals surface area contributed by atoms with Crippen molar-refractivity contribution >= 4 is 17.7 Å². The average Bonchev–Trinajstić information content (AvgIpc) is 2.53. The fourth-order valence-corrected chi connectivity index (χ4v) is 2.90. The van der Waals surface area contributed by atoms with Crippen LogP contribution in [0.15, 0.2) is 24.3 Å². The first kappa shape index (κ1) is 17.0. The number of carbonyl (C=O) groups is 3. The SMILES string of the molecule is CNC(=O)c1cccc(C2CN(CC(N)=O)CCN2C(C)=O)c1. The Labute approximate surface area is 135 Å². The van der Waals surface area contributed by atoms with Gasteiger partial charge in [-0.15, -0.1) is 0 Å². The molecule has 0 bridgehead atoms. The van der Waals surface area contributed by atoms with Crippen LogP contribution in [0, 0.1) is 0 Å². The largest absolute Gasteiger partial charge is 0.369 e. The molecule has 2 rings (SSSR count). The van der Waals surface area contributed by atoms with Crippen LogP contribution >= 0.6 is 0 Å². The Hall–Kier alpha value is -2.41. The van der Waals surface area contributed by atoms with E-state index in [4.69, 9.17) is 5.73 Å². The van der Waals surface area contributed by atoms with E-state index < -0.39 is 0 Å². The maximum atomic E-state index is 11.9. The third-order valence-corrected chi connectivity index (χ3v) is 4.01. The Morgan fingerprint density at radius 2 is 2.04 bits per heavy atom. The quantitative estimate of drug-likeness (QED) is 0.799. The Morgan fingerprint density at radius 3 is 2.65 bits per heavy atom. The van der Waals surface area contributed by atoms with Crippen LogP contribution in [0.5, 0.6) is 0 Å². The summed E-state index contributed by atoms with van der Waals surface area (Å²) in [5.41, 5.74) is 6.68. The smallest absolute Gasteiger partial charge is 0.251 e. The van der Waals surface area contributed by atoms with Crippen molar-refractivity contribution < 1.29 is 14.4 Å². The summed E-state index contributed by atoms with van der Waals surface area (Å²) in [7, 11) is 1.58. The van der Waals surface area contributed by atoms with E-state index in [9.17, 15) is 14.4 Å². The summed E-state index contributed by atoms with van der Waals surface area (Å²) in [6.45, 7) is 3.34. The molecular weight excluding hydrogens is 296 g/mol. The fraction of sp³-hybridized carbons (Fsp3) is 0.438. The lowest BCUT2D eigenvalue weighted by atomic mass is 9.99. The van der Waals surface area contributed by atoms with E-state index in [0.717, 1.165) is 5.56 Å². The summed E-state index contributed by atoms with van der Waals surface area (Å²) < 4.78 is 0. The number of piperazine rings is 1. The normalized spacial score (nSPS) is 18.5. The van der Waals surface area contributed by atoms with Crippen molar-refractivity contribution in [3.8, 4) is 0 Å². The lowest BCUT2D eigenvalue weighted by molar-refractivity contribution is -0.134. The number of hydrogen-bond acceptors (Lipinski definition) is 4. The van der Waals surface area contributed by atoms with Crippen molar-refractivity contribution in [3.05, 3.63) is 35.4 Å². The van der Waals surface area contributed by atoms with Crippen molar-refractivity contribution in [2.24, 2.45) is 5.73 Å². The van der Waals surface area contributed by atoms with Crippen LogP contribution in [0.1, 0.15) is 28.9 Å². The van der Waals surface area contributed by atoms with Crippen LogP contribution in [0.2, 0.25) is 0 Å². The topological polar surface area (TPSA) is 95.7 Å². The molecule has 23 heavy (non-hydrogen) atoms. The minimum absolute atomic E-state index is 0.0286. The van der Waals surface area contributed by atoms with E-state index >= 15 is 0 Å². The van der Waals surface area contributed by atoms with Crippen LogP contribution in [0.4, 0.5) is 0 Å². The third-order valence-electron chi connectivity index (χ3n) is 4.01. The van der Waals surface area contributed by atoms with Gasteiger partial charge in [0.1, 0.15) is 0 Å². The highest BCUT2D eigenvalue weighted by molar-refractivity contribution is 5.94. The number of nitrogens with zero attached hydrogens (tertiary/aromatic N) is 2. The zero-order valence-electron chi connectivity index (χ0n) is 13.4. The van der Waals surface area contributed by atoms with Gasteiger partial charge in [-0.2, -0.15) is 0 Å². The molecule has 7 nitrogen and oxygen atoms in total. The second-order valence-corrected chi connectivity index (χ2v) is 5.63. The minimum Gasteiger partial charge on any atom is -0.369 e. The average molecular weight is 318 g/mol. The molecule has 1 aliphatic rings. The number of hydrogen-bond donors (Lipinski definition) is 2. The van der Waals surface area contributed by atoms with Crippen LogP contribution in [-0.2, 0) is 9.59 Å². The van der Waals surface area contributed by atoms with E-state index in [0.29, 0.717) is 25.2 Å². The first-order valence-corrected chi connectivity index (χ1v) is 7.52. The monoisotopic (exact) mass is 318 g/mol. The van der Waals surface area contributed by atoms with Gasteiger partial charge in [0, 0.05) is 39.2 Å². The molecule has 0 radical (unpaired) electrons. The van der Waals surface area contributed by atoms with E-state index in [1.54, 1.807) is 30.1 Å². The zero-order valence-corrected chi connectivity index (χ0v) is 13.4. The Balaban J connectivity index is 2.29. The molecule has 1 saturated heterocycles. The first-order valence-electron chi connectivity index (χ1n) is 7.52. The first-order chi connectivity index (χ1) is 10.9. The van der Waals surface area contributed by atoms with E-state index in [2.05, 4.69) is 5.32 Å². The van der Waals surface area contributed by atoms with Crippen molar-refractivity contribution in [2.45, 2.75) is 13.0 Å². The summed E-state index contributed by atoms with van der Waals surface area (Å²) >= 11 is 0. The number of carbonyl (C=O) groups excluding carboxylic acids is 3. The molecule has 0 spiro atoms. The molecule has 1 unspecified atom stereocenters. The summed E-state index contributed by atoms with van der Waals surface area (Å²) in [4.78, 5) is 38.6. The number of rotatable bonds is 4. The number of amides is 3. The Bertz CT molecular complexity index is 617. The van der Waals surface area contributed by atoms with Crippen LogP contribution in [0.25, 0.3) is 0 Å². The summed E-state index contributed by atoms with van der Waals surface area (Å²) in [6.07, 6.45) is 0. The highest BCUT2D eigenvalue weighted by atomic mass is 16.2. The summed E-state index contributed by atoms with van der Waals surface area (Å²) in [5.74, 6) is -0.593. The van der Waals surface area contributed by atoms with Gasteiger partial charge in [-0.25, -0.2) is 0 Å². The maximum absolute atomic E-state index is 11.9. The van der Waals surface area contributed by atoms with Gasteiger partial charge in [0.25, 0.3) is 5.91 Å². The van der Waals surface area contributed by atoms with Gasteiger partial charge in [-0.05, 0) is 17.7 Å². The molecule has 0 aliphatic carbocycles. The molecule has 7 heteroatoms. The van der Waals surface area contributed by atoms with Crippen LogP contribution in [0.3, 0.4) is 0 Å². The van der Waals surface area contributed by atoms with E-state index in [1.807, 2.05) is 11.0 Å². The van der Waals surface area contributed by atoms with Gasteiger partial charge in [0.05, 0.1) is 12.6 Å². The molecule has 1 atom stereocenters. The summed E-state index contributed by atoms with van der Waals surface area (Å²) in [5, 5.41) is 2.59. The second-order valence-electron chi connectivity index (χ2n) is 5.63. The number of nitrogens with one attached hydrogen (secondary N) is 1. The minimum atomic E-state index is -0.390. The molecule has 1 aliphatic heterocycles. The van der Waals surface area contributed by atoms with Gasteiger partial charge >= 0.3 is 0 Å². The molecule has 1 fully saturated rings. The number of primary amides is 1. The lowest BCUT2D eigenvalue weighted by Gasteiger charge is -2.41. The molecule has 124 valence electrons. The molecule has 0 aromatic heterocycles. The van der Waals surface area contributed by atoms with Crippen molar-refractivity contribution in [2.75, 3.05) is 33.2 Å². The molecule has 1 heterocycles. The molecule has 3 amide bonds. The zero-order chi connectivity index (χ0) is 17.0. The summed E-state index contributed by atoms with van der Waals surface area (Å²) in [6, 6.07) is 6.99. The molecule has 0 saturated carbocycles. The second kappa shape index (κ2) is 7.23. The van der Waals surface area contributed by atoms with Crippen molar-refractivity contribution in [1.82, 2.24) is 15.1 Å². The molecule has 3 N–H and O–H groups in total. The predicted octanol–water partition coefficient (Wildman–Crippen LogP) is -0.263. The fourth-order valence-electron chi connectivity index (χ4n) is 2.90. The van der Waals surface area contributed by atoms with Crippen molar-refractivity contribution in [3.63, 3.8) is 0 Å². The van der Waals surface area contributed by atoms with Gasteiger partial charge in [0.15, 0.2) is 0 Å². The standard InChI is InChI=1S/C16H22N4O3/c1-11(21)20-7-6-19(10-15(17)22)9-14(20)12-4-3-5-13(8-12)16(23)18-2/h3-5,8,14H,6-7,9-10H2,1-2H3,(H2,17,22)(H,18,23). The molecular formula is C16H22N4O3.